The zero-order valence-corrected chi connectivity index (χ0v) is 15.6. The highest BCUT2D eigenvalue weighted by atomic mass is 35.5. The first kappa shape index (κ1) is 17.0. The number of nitrogens with one attached hydrogen (secondary N) is 1. The first-order chi connectivity index (χ1) is 12.5. The Morgan fingerprint density at radius 2 is 1.62 bits per heavy atom. The molecule has 4 rings (SSSR count). The number of sulfone groups is 1. The first-order valence-corrected chi connectivity index (χ1v) is 10.3. The maximum atomic E-state index is 13.0. The smallest absolute Gasteiger partial charge is 0.210 e. The summed E-state index contributed by atoms with van der Waals surface area (Å²) in [4.78, 5) is 8.87. The number of hydrogen-bond acceptors (Lipinski definition) is 6. The second-order valence-corrected chi connectivity index (χ2v) is 8.74. The number of thiazole rings is 1. The van der Waals surface area contributed by atoms with Crippen molar-refractivity contribution in [3.63, 3.8) is 0 Å². The zero-order chi connectivity index (χ0) is 18.1. The van der Waals surface area contributed by atoms with Gasteiger partial charge in [-0.1, -0.05) is 53.3 Å². The normalized spacial score (nSPS) is 11.6. The Hall–Kier alpha value is -2.48. The summed E-state index contributed by atoms with van der Waals surface area (Å²) in [5, 5.41) is 3.75. The number of nitrogens with zero attached hydrogens (tertiary/aromatic N) is 2. The summed E-state index contributed by atoms with van der Waals surface area (Å²) >= 11 is 7.41. The molecule has 1 N–H and O–H groups in total. The van der Waals surface area contributed by atoms with E-state index in [0.29, 0.717) is 5.13 Å². The Balaban J connectivity index is 1.80. The van der Waals surface area contributed by atoms with Crippen LogP contribution >= 0.6 is 22.9 Å². The van der Waals surface area contributed by atoms with Crippen LogP contribution in [0, 0.1) is 0 Å². The Kier molecular flexibility index (Phi) is 4.36. The second-order valence-electron chi connectivity index (χ2n) is 5.41. The molecule has 0 aliphatic rings. The zero-order valence-electron chi connectivity index (χ0n) is 13.3. The van der Waals surface area contributed by atoms with Crippen LogP contribution < -0.4 is 5.32 Å². The standard InChI is InChI=1S/C18H12ClN3O2S2/c19-16-11-10-15(26(23,24)12-6-2-1-3-7-12)17(21-16)22-18-20-13-8-4-5-9-14(13)25-18/h1-11H,(H,20,21,22). The van der Waals surface area contributed by atoms with Crippen molar-refractivity contribution in [1.82, 2.24) is 9.97 Å². The lowest BCUT2D eigenvalue weighted by atomic mass is 10.3. The Labute approximate surface area is 159 Å². The molecule has 0 saturated carbocycles. The maximum absolute atomic E-state index is 13.0. The average molecular weight is 402 g/mol. The molecule has 0 aliphatic heterocycles. The van der Waals surface area contributed by atoms with Gasteiger partial charge in [-0.05, 0) is 36.4 Å². The summed E-state index contributed by atoms with van der Waals surface area (Å²) in [5.41, 5.74) is 0.828. The summed E-state index contributed by atoms with van der Waals surface area (Å²) in [6.07, 6.45) is 0. The molecule has 0 atom stereocenters. The van der Waals surface area contributed by atoms with Crippen molar-refractivity contribution in [2.45, 2.75) is 9.79 Å². The molecule has 0 bridgehead atoms. The van der Waals surface area contributed by atoms with Crippen molar-refractivity contribution in [2.75, 3.05) is 5.32 Å². The fraction of sp³-hybridized carbons (Fsp3) is 0. The minimum absolute atomic E-state index is 0.0485. The van der Waals surface area contributed by atoms with Crippen molar-refractivity contribution in [3.05, 3.63) is 71.9 Å². The molecule has 0 fully saturated rings. The molecule has 130 valence electrons. The number of para-hydroxylation sites is 1. The highest BCUT2D eigenvalue weighted by Crippen LogP contribution is 2.32. The number of fused-ring (bicyclic) bond motifs is 1. The monoisotopic (exact) mass is 401 g/mol. The Morgan fingerprint density at radius 1 is 0.885 bits per heavy atom. The van der Waals surface area contributed by atoms with Crippen LogP contribution in [0.3, 0.4) is 0 Å². The van der Waals surface area contributed by atoms with Gasteiger partial charge < -0.3 is 5.32 Å². The molecule has 5 nitrogen and oxygen atoms in total. The van der Waals surface area contributed by atoms with Crippen molar-refractivity contribution in [2.24, 2.45) is 0 Å². The molecule has 0 radical (unpaired) electrons. The van der Waals surface area contributed by atoms with Crippen molar-refractivity contribution >= 4 is 53.9 Å². The predicted octanol–water partition coefficient (Wildman–Crippen LogP) is 4.92. The SMILES string of the molecule is O=S(=O)(c1ccccc1)c1ccc(Cl)nc1Nc1nc2ccccc2s1. The molecule has 0 aliphatic carbocycles. The molecule has 0 amide bonds. The topological polar surface area (TPSA) is 72.0 Å². The molecule has 2 aromatic heterocycles. The number of halogens is 1. The average Bonchev–Trinajstić information content (AvgIpc) is 3.04. The van der Waals surface area contributed by atoms with Gasteiger partial charge >= 0.3 is 0 Å². The first-order valence-electron chi connectivity index (χ1n) is 7.63. The summed E-state index contributed by atoms with van der Waals surface area (Å²) in [5.74, 6) is 0.153. The van der Waals surface area contributed by atoms with E-state index in [0.717, 1.165) is 10.2 Å². The second kappa shape index (κ2) is 6.68. The lowest BCUT2D eigenvalue weighted by molar-refractivity contribution is 0.596. The van der Waals surface area contributed by atoms with Crippen molar-refractivity contribution < 1.29 is 8.42 Å². The highest BCUT2D eigenvalue weighted by molar-refractivity contribution is 7.91. The minimum atomic E-state index is -3.74. The Bertz CT molecular complexity index is 1160. The largest absolute Gasteiger partial charge is 0.315 e. The summed E-state index contributed by atoms with van der Waals surface area (Å²) in [7, 11) is -3.74. The van der Waals surface area contributed by atoms with E-state index in [1.165, 1.54) is 23.5 Å². The van der Waals surface area contributed by atoms with Gasteiger partial charge in [-0.3, -0.25) is 0 Å². The van der Waals surface area contributed by atoms with E-state index in [1.807, 2.05) is 24.3 Å². The van der Waals surface area contributed by atoms with E-state index in [2.05, 4.69) is 15.3 Å². The van der Waals surface area contributed by atoms with Gasteiger partial charge in [-0.25, -0.2) is 18.4 Å². The van der Waals surface area contributed by atoms with Gasteiger partial charge in [0.2, 0.25) is 9.84 Å². The van der Waals surface area contributed by atoms with Crippen LogP contribution in [0.1, 0.15) is 0 Å². The Morgan fingerprint density at radius 3 is 2.38 bits per heavy atom. The van der Waals surface area contributed by atoms with E-state index in [-0.39, 0.29) is 20.8 Å². The number of hydrogen-bond donors (Lipinski definition) is 1. The van der Waals surface area contributed by atoms with Gasteiger partial charge in [0.05, 0.1) is 15.1 Å². The van der Waals surface area contributed by atoms with Gasteiger partial charge in [0.25, 0.3) is 0 Å². The third-order valence-electron chi connectivity index (χ3n) is 3.69. The van der Waals surface area contributed by atoms with Crippen LogP contribution in [0.4, 0.5) is 10.9 Å². The minimum Gasteiger partial charge on any atom is -0.315 e. The molecule has 4 aromatic rings. The third-order valence-corrected chi connectivity index (χ3v) is 6.65. The van der Waals surface area contributed by atoms with Gasteiger partial charge in [0.15, 0.2) is 10.9 Å². The number of rotatable bonds is 4. The molecular formula is C18H12ClN3O2S2. The molecule has 0 unspecified atom stereocenters. The molecule has 2 heterocycles. The van der Waals surface area contributed by atoms with Crippen molar-refractivity contribution in [1.29, 1.82) is 0 Å². The number of pyridine rings is 1. The van der Waals surface area contributed by atoms with Crippen LogP contribution in [0.2, 0.25) is 5.15 Å². The van der Waals surface area contributed by atoms with Gasteiger partial charge in [0.1, 0.15) is 10.0 Å². The van der Waals surface area contributed by atoms with Crippen LogP contribution in [-0.2, 0) is 9.84 Å². The van der Waals surface area contributed by atoms with E-state index in [1.54, 1.807) is 30.3 Å². The van der Waals surface area contributed by atoms with Crippen LogP contribution in [-0.4, -0.2) is 18.4 Å². The molecule has 0 saturated heterocycles. The molecule has 0 spiro atoms. The fourth-order valence-electron chi connectivity index (χ4n) is 2.48. The quantitative estimate of drug-likeness (QED) is 0.491. The molecule has 2 aromatic carbocycles. The molecule has 26 heavy (non-hydrogen) atoms. The number of anilines is 2. The summed E-state index contributed by atoms with van der Waals surface area (Å²) < 4.78 is 27.0. The number of benzene rings is 2. The van der Waals surface area contributed by atoms with Gasteiger partial charge in [-0.2, -0.15) is 0 Å². The van der Waals surface area contributed by atoms with Crippen LogP contribution in [0.25, 0.3) is 10.2 Å². The van der Waals surface area contributed by atoms with Crippen LogP contribution in [0.15, 0.2) is 76.5 Å². The fourth-order valence-corrected chi connectivity index (χ4v) is 4.86. The van der Waals surface area contributed by atoms with Crippen molar-refractivity contribution in [3.8, 4) is 0 Å². The highest BCUT2D eigenvalue weighted by Gasteiger charge is 2.23. The van der Waals surface area contributed by atoms with Gasteiger partial charge in [-0.15, -0.1) is 0 Å². The summed E-state index contributed by atoms with van der Waals surface area (Å²) in [6.45, 7) is 0. The predicted molar refractivity (Wildman–Crippen MR) is 104 cm³/mol. The maximum Gasteiger partial charge on any atom is 0.210 e. The number of aromatic nitrogens is 2. The summed E-state index contributed by atoms with van der Waals surface area (Å²) in [6, 6.07) is 18.8. The van der Waals surface area contributed by atoms with E-state index >= 15 is 0 Å². The van der Waals surface area contributed by atoms with E-state index < -0.39 is 9.84 Å². The molecule has 8 heteroatoms. The van der Waals surface area contributed by atoms with E-state index in [4.69, 9.17) is 11.6 Å². The van der Waals surface area contributed by atoms with Crippen LogP contribution in [0.5, 0.6) is 0 Å². The molecular weight excluding hydrogens is 390 g/mol. The third kappa shape index (κ3) is 3.16. The lowest BCUT2D eigenvalue weighted by Gasteiger charge is -2.10. The van der Waals surface area contributed by atoms with Gasteiger partial charge in [0, 0.05) is 0 Å². The lowest BCUT2D eigenvalue weighted by Crippen LogP contribution is -2.07. The van der Waals surface area contributed by atoms with E-state index in [9.17, 15) is 8.42 Å².